The van der Waals surface area contributed by atoms with Gasteiger partial charge in [0.05, 0.1) is 23.7 Å². The van der Waals surface area contributed by atoms with Crippen LogP contribution in [-0.2, 0) is 16.6 Å². The summed E-state index contributed by atoms with van der Waals surface area (Å²) in [6, 6.07) is 9.11. The second-order valence-corrected chi connectivity index (χ2v) is 6.96. The van der Waals surface area contributed by atoms with Crippen LogP contribution in [0.2, 0.25) is 0 Å². The molecule has 2 aromatic rings. The molecule has 0 saturated carbocycles. The first-order valence-corrected chi connectivity index (χ1v) is 9.56. The van der Waals surface area contributed by atoms with Gasteiger partial charge in [0.1, 0.15) is 0 Å². The van der Waals surface area contributed by atoms with Gasteiger partial charge in [-0.3, -0.25) is 14.8 Å². The number of aryl methyl sites for hydroxylation is 1. The molecule has 0 spiro atoms. The summed E-state index contributed by atoms with van der Waals surface area (Å²) in [6.45, 7) is 5.87. The molecule has 2 unspecified atom stereocenters. The summed E-state index contributed by atoms with van der Waals surface area (Å²) >= 11 is 0. The Kier molecular flexibility index (Phi) is 7.06. The van der Waals surface area contributed by atoms with Crippen LogP contribution in [0.5, 0.6) is 0 Å². The summed E-state index contributed by atoms with van der Waals surface area (Å²) in [5.74, 6) is -1.41. The Balaban J connectivity index is 2.26. The van der Waals surface area contributed by atoms with Gasteiger partial charge in [-0.05, 0) is 24.3 Å². The van der Waals surface area contributed by atoms with Gasteiger partial charge in [0.2, 0.25) is 0 Å². The van der Waals surface area contributed by atoms with Gasteiger partial charge in [0, 0.05) is 11.8 Å². The molecule has 142 valence electrons. The number of rotatable bonds is 9. The normalized spacial score (nSPS) is 14.1. The standard InChI is InChI=1S/C22H27N3O2/c1-4-6-7-8-19-13-25-20(14-24-19)17-9-11-18(12-10-17)22(15-23,21(26)27)16(3)5-2/h9-14,16H,4-8H2,1-3H3,(H,26,27). The first kappa shape index (κ1) is 20.6. The van der Waals surface area contributed by atoms with Crippen molar-refractivity contribution in [2.24, 2.45) is 5.92 Å². The van der Waals surface area contributed by atoms with Crippen molar-refractivity contribution in [2.75, 3.05) is 0 Å². The molecule has 1 N–H and O–H groups in total. The van der Waals surface area contributed by atoms with Crippen molar-refractivity contribution >= 4 is 5.97 Å². The molecule has 0 saturated heterocycles. The van der Waals surface area contributed by atoms with E-state index in [4.69, 9.17) is 0 Å². The van der Waals surface area contributed by atoms with Crippen molar-refractivity contribution < 1.29 is 9.90 Å². The molecular formula is C22H27N3O2. The molecular weight excluding hydrogens is 338 g/mol. The van der Waals surface area contributed by atoms with Gasteiger partial charge in [0.15, 0.2) is 5.41 Å². The molecule has 2 atom stereocenters. The first-order chi connectivity index (χ1) is 13.0. The lowest BCUT2D eigenvalue weighted by Crippen LogP contribution is -2.40. The Morgan fingerprint density at radius 1 is 1.19 bits per heavy atom. The Morgan fingerprint density at radius 3 is 2.37 bits per heavy atom. The summed E-state index contributed by atoms with van der Waals surface area (Å²) in [5, 5.41) is 19.4. The Hall–Kier alpha value is -2.74. The van der Waals surface area contributed by atoms with Crippen LogP contribution in [-0.4, -0.2) is 21.0 Å². The molecule has 0 aliphatic carbocycles. The first-order valence-electron chi connectivity index (χ1n) is 9.56. The topological polar surface area (TPSA) is 86.9 Å². The highest BCUT2D eigenvalue weighted by atomic mass is 16.4. The molecule has 0 amide bonds. The second kappa shape index (κ2) is 9.27. The average molecular weight is 365 g/mol. The van der Waals surface area contributed by atoms with Gasteiger partial charge >= 0.3 is 5.97 Å². The number of carboxylic acids is 1. The summed E-state index contributed by atoms with van der Waals surface area (Å²) < 4.78 is 0. The number of hydrogen-bond donors (Lipinski definition) is 1. The minimum absolute atomic E-state index is 0.298. The zero-order valence-electron chi connectivity index (χ0n) is 16.3. The third-order valence-electron chi connectivity index (χ3n) is 5.24. The molecule has 5 heteroatoms. The van der Waals surface area contributed by atoms with E-state index < -0.39 is 11.4 Å². The number of aliphatic carboxylic acids is 1. The van der Waals surface area contributed by atoms with Crippen molar-refractivity contribution in [1.82, 2.24) is 9.97 Å². The maximum atomic E-state index is 11.9. The largest absolute Gasteiger partial charge is 0.480 e. The van der Waals surface area contributed by atoms with Gasteiger partial charge < -0.3 is 5.11 Å². The van der Waals surface area contributed by atoms with E-state index in [2.05, 4.69) is 16.9 Å². The smallest absolute Gasteiger partial charge is 0.328 e. The van der Waals surface area contributed by atoms with Crippen LogP contribution < -0.4 is 0 Å². The number of unbranched alkanes of at least 4 members (excludes halogenated alkanes) is 2. The van der Waals surface area contributed by atoms with Gasteiger partial charge in [-0.1, -0.05) is 64.3 Å². The van der Waals surface area contributed by atoms with Gasteiger partial charge in [0.25, 0.3) is 0 Å². The van der Waals surface area contributed by atoms with E-state index >= 15 is 0 Å². The van der Waals surface area contributed by atoms with E-state index in [1.54, 1.807) is 31.5 Å². The van der Waals surface area contributed by atoms with Crippen molar-refractivity contribution in [2.45, 2.75) is 58.3 Å². The minimum atomic E-state index is -1.54. The molecule has 0 aliphatic rings. The molecule has 27 heavy (non-hydrogen) atoms. The number of benzene rings is 1. The Morgan fingerprint density at radius 2 is 1.89 bits per heavy atom. The van der Waals surface area contributed by atoms with E-state index in [-0.39, 0.29) is 5.92 Å². The lowest BCUT2D eigenvalue weighted by Gasteiger charge is -2.28. The molecule has 2 rings (SSSR count). The van der Waals surface area contributed by atoms with Crippen LogP contribution in [0, 0.1) is 17.2 Å². The van der Waals surface area contributed by atoms with E-state index in [1.165, 1.54) is 12.8 Å². The highest BCUT2D eigenvalue weighted by molar-refractivity contribution is 5.85. The Bertz CT molecular complexity index is 794. The fourth-order valence-electron chi connectivity index (χ4n) is 3.24. The lowest BCUT2D eigenvalue weighted by atomic mass is 9.71. The van der Waals surface area contributed by atoms with Crippen LogP contribution in [0.25, 0.3) is 11.3 Å². The number of carboxylic acid groups (broad SMARTS) is 1. The van der Waals surface area contributed by atoms with E-state index in [1.807, 2.05) is 25.1 Å². The number of aromatic nitrogens is 2. The molecule has 1 aromatic heterocycles. The molecule has 1 aromatic carbocycles. The highest BCUT2D eigenvalue weighted by Gasteiger charge is 2.45. The molecule has 1 heterocycles. The van der Waals surface area contributed by atoms with Gasteiger partial charge in [-0.25, -0.2) is 0 Å². The van der Waals surface area contributed by atoms with Crippen molar-refractivity contribution in [1.29, 1.82) is 5.26 Å². The SMILES string of the molecule is CCCCCc1cnc(-c2ccc(C(C#N)(C(=O)O)C(C)CC)cc2)cn1. The van der Waals surface area contributed by atoms with Crippen LogP contribution >= 0.6 is 0 Å². The van der Waals surface area contributed by atoms with Gasteiger partial charge in [-0.2, -0.15) is 5.26 Å². The summed E-state index contributed by atoms with van der Waals surface area (Å²) in [4.78, 5) is 20.9. The molecule has 0 bridgehead atoms. The fraction of sp³-hybridized carbons (Fsp3) is 0.455. The second-order valence-electron chi connectivity index (χ2n) is 6.96. The fourth-order valence-corrected chi connectivity index (χ4v) is 3.24. The highest BCUT2D eigenvalue weighted by Crippen LogP contribution is 2.35. The average Bonchev–Trinajstić information content (AvgIpc) is 2.70. The number of hydrogen-bond acceptors (Lipinski definition) is 4. The number of nitriles is 1. The monoisotopic (exact) mass is 365 g/mol. The third kappa shape index (κ3) is 4.33. The van der Waals surface area contributed by atoms with Crippen LogP contribution in [0.3, 0.4) is 0 Å². The zero-order chi connectivity index (χ0) is 19.9. The molecule has 0 radical (unpaired) electrons. The lowest BCUT2D eigenvalue weighted by molar-refractivity contribution is -0.143. The van der Waals surface area contributed by atoms with Crippen LogP contribution in [0.1, 0.15) is 57.7 Å². The molecule has 0 fully saturated rings. The molecule has 5 nitrogen and oxygen atoms in total. The van der Waals surface area contributed by atoms with Crippen LogP contribution in [0.15, 0.2) is 36.7 Å². The van der Waals surface area contributed by atoms with E-state index in [0.717, 1.165) is 29.8 Å². The minimum Gasteiger partial charge on any atom is -0.480 e. The van der Waals surface area contributed by atoms with E-state index in [9.17, 15) is 15.2 Å². The molecule has 0 aliphatic heterocycles. The van der Waals surface area contributed by atoms with E-state index in [0.29, 0.717) is 12.0 Å². The number of carbonyl (C=O) groups is 1. The summed E-state index contributed by atoms with van der Waals surface area (Å²) in [7, 11) is 0. The third-order valence-corrected chi connectivity index (χ3v) is 5.24. The quantitative estimate of drug-likeness (QED) is 0.647. The predicted octanol–water partition coefficient (Wildman–Crippen LogP) is 4.77. The summed E-state index contributed by atoms with van der Waals surface area (Å²) in [6.07, 6.45) is 8.56. The van der Waals surface area contributed by atoms with Crippen molar-refractivity contribution in [3.05, 3.63) is 47.9 Å². The predicted molar refractivity (Wildman–Crippen MR) is 105 cm³/mol. The van der Waals surface area contributed by atoms with Crippen LogP contribution in [0.4, 0.5) is 0 Å². The van der Waals surface area contributed by atoms with Crippen molar-refractivity contribution in [3.63, 3.8) is 0 Å². The van der Waals surface area contributed by atoms with Gasteiger partial charge in [-0.15, -0.1) is 0 Å². The maximum Gasteiger partial charge on any atom is 0.328 e. The maximum absolute atomic E-state index is 11.9. The van der Waals surface area contributed by atoms with Crippen molar-refractivity contribution in [3.8, 4) is 17.3 Å². The number of nitrogens with zero attached hydrogens (tertiary/aromatic N) is 3. The Labute approximate surface area is 161 Å². The summed E-state index contributed by atoms with van der Waals surface area (Å²) in [5.41, 5.74) is 1.53. The zero-order valence-corrected chi connectivity index (χ0v) is 16.3.